The van der Waals surface area contributed by atoms with Crippen molar-refractivity contribution in [3.63, 3.8) is 0 Å². The monoisotopic (exact) mass is 271 g/mol. The zero-order chi connectivity index (χ0) is 13.7. The molecule has 1 amide bonds. The van der Waals surface area contributed by atoms with Gasteiger partial charge in [0.15, 0.2) is 0 Å². The third-order valence-electron chi connectivity index (χ3n) is 4.88. The van der Waals surface area contributed by atoms with Crippen LogP contribution >= 0.6 is 0 Å². The molecular formula is C16H21N3O. The molecule has 106 valence electrons. The van der Waals surface area contributed by atoms with Gasteiger partial charge in [0, 0.05) is 12.2 Å². The van der Waals surface area contributed by atoms with Gasteiger partial charge in [-0.15, -0.1) is 0 Å². The molecule has 4 N–H and O–H groups in total. The van der Waals surface area contributed by atoms with Crippen LogP contribution in [0.2, 0.25) is 0 Å². The average Bonchev–Trinajstić information content (AvgIpc) is 3.29. The van der Waals surface area contributed by atoms with Crippen LogP contribution in [0.15, 0.2) is 12.1 Å². The van der Waals surface area contributed by atoms with Crippen LogP contribution < -0.4 is 16.4 Å². The third-order valence-corrected chi connectivity index (χ3v) is 4.88. The lowest BCUT2D eigenvalue weighted by Gasteiger charge is -2.18. The number of benzene rings is 1. The second-order valence-electron chi connectivity index (χ2n) is 6.54. The number of hydrogen-bond acceptors (Lipinski definition) is 3. The Labute approximate surface area is 119 Å². The van der Waals surface area contributed by atoms with Crippen molar-refractivity contribution >= 4 is 23.0 Å². The van der Waals surface area contributed by atoms with Gasteiger partial charge in [0.25, 0.3) is 0 Å². The molecule has 1 aliphatic heterocycles. The van der Waals surface area contributed by atoms with Gasteiger partial charge in [-0.05, 0) is 61.1 Å². The minimum absolute atomic E-state index is 0.0605. The topological polar surface area (TPSA) is 67.2 Å². The summed E-state index contributed by atoms with van der Waals surface area (Å²) in [7, 11) is 0. The van der Waals surface area contributed by atoms with Gasteiger partial charge in [0.1, 0.15) is 0 Å². The molecule has 4 heteroatoms. The van der Waals surface area contributed by atoms with Crippen LogP contribution in [0.4, 0.5) is 17.1 Å². The molecule has 3 aliphatic rings. The Bertz CT molecular complexity index is 549. The molecule has 0 saturated heterocycles. The zero-order valence-corrected chi connectivity index (χ0v) is 11.6. The van der Waals surface area contributed by atoms with Crippen LogP contribution in [0.5, 0.6) is 0 Å². The fourth-order valence-corrected chi connectivity index (χ4v) is 3.44. The Morgan fingerprint density at radius 1 is 1.25 bits per heavy atom. The maximum atomic E-state index is 11.4. The largest absolute Gasteiger partial charge is 0.397 e. The van der Waals surface area contributed by atoms with Crippen molar-refractivity contribution in [2.75, 3.05) is 22.9 Å². The summed E-state index contributed by atoms with van der Waals surface area (Å²) < 4.78 is 0. The van der Waals surface area contributed by atoms with Crippen LogP contribution in [0, 0.1) is 17.8 Å². The molecule has 20 heavy (non-hydrogen) atoms. The highest BCUT2D eigenvalue weighted by Gasteiger charge is 2.41. The highest BCUT2D eigenvalue weighted by atomic mass is 16.1. The van der Waals surface area contributed by atoms with Crippen LogP contribution in [-0.4, -0.2) is 12.5 Å². The lowest BCUT2D eigenvalue weighted by molar-refractivity contribution is -0.115. The van der Waals surface area contributed by atoms with E-state index in [9.17, 15) is 4.79 Å². The molecule has 0 spiro atoms. The first-order chi connectivity index (χ1) is 9.70. The summed E-state index contributed by atoms with van der Waals surface area (Å²) in [6, 6.07) is 3.92. The smallest absolute Gasteiger partial charge is 0.228 e. The number of fused-ring (bicyclic) bond motifs is 1. The molecule has 1 aromatic rings. The molecule has 1 heterocycles. The van der Waals surface area contributed by atoms with Crippen molar-refractivity contribution < 1.29 is 4.79 Å². The van der Waals surface area contributed by atoms with Gasteiger partial charge in [-0.25, -0.2) is 0 Å². The maximum absolute atomic E-state index is 11.4. The second-order valence-corrected chi connectivity index (χ2v) is 6.54. The molecule has 1 aromatic carbocycles. The lowest BCUT2D eigenvalue weighted by Crippen LogP contribution is -2.18. The molecular weight excluding hydrogens is 250 g/mol. The maximum Gasteiger partial charge on any atom is 0.228 e. The lowest BCUT2D eigenvalue weighted by atomic mass is 9.97. The predicted octanol–water partition coefficient (Wildman–Crippen LogP) is 2.61. The first-order valence-electron chi connectivity index (χ1n) is 7.67. The Morgan fingerprint density at radius 3 is 2.60 bits per heavy atom. The summed E-state index contributed by atoms with van der Waals surface area (Å²) in [6.45, 7) is 1.02. The molecule has 0 aromatic heterocycles. The van der Waals surface area contributed by atoms with Crippen LogP contribution in [0.25, 0.3) is 0 Å². The van der Waals surface area contributed by atoms with Gasteiger partial charge in [0.05, 0.1) is 17.8 Å². The fraction of sp³-hybridized carbons (Fsp3) is 0.562. The molecule has 4 rings (SSSR count). The van der Waals surface area contributed by atoms with E-state index in [2.05, 4.69) is 10.6 Å². The summed E-state index contributed by atoms with van der Waals surface area (Å²) in [5.41, 5.74) is 9.76. The predicted molar refractivity (Wildman–Crippen MR) is 80.6 cm³/mol. The Morgan fingerprint density at radius 2 is 1.95 bits per heavy atom. The quantitative estimate of drug-likeness (QED) is 0.721. The molecule has 2 fully saturated rings. The zero-order valence-electron chi connectivity index (χ0n) is 11.6. The van der Waals surface area contributed by atoms with Gasteiger partial charge < -0.3 is 16.4 Å². The SMILES string of the molecule is Nc1cc2c(cc1NCC(C1CC1)C1CC1)NC(=O)C2. The summed E-state index contributed by atoms with van der Waals surface area (Å²) in [5, 5.41) is 6.41. The van der Waals surface area contributed by atoms with E-state index in [1.54, 1.807) is 0 Å². The number of amides is 1. The van der Waals surface area contributed by atoms with Gasteiger partial charge in [0.2, 0.25) is 5.91 Å². The summed E-state index contributed by atoms with van der Waals surface area (Å²) in [5.74, 6) is 2.75. The van der Waals surface area contributed by atoms with E-state index >= 15 is 0 Å². The first kappa shape index (κ1) is 12.1. The summed E-state index contributed by atoms with van der Waals surface area (Å²) in [4.78, 5) is 11.4. The van der Waals surface area contributed by atoms with Crippen LogP contribution in [0.3, 0.4) is 0 Å². The third kappa shape index (κ3) is 2.23. The van der Waals surface area contributed by atoms with Crippen molar-refractivity contribution in [2.45, 2.75) is 32.1 Å². The fourth-order valence-electron chi connectivity index (χ4n) is 3.44. The molecule has 4 nitrogen and oxygen atoms in total. The molecule has 0 radical (unpaired) electrons. The van der Waals surface area contributed by atoms with Gasteiger partial charge in [-0.2, -0.15) is 0 Å². The second kappa shape index (κ2) is 4.40. The number of rotatable bonds is 5. The summed E-state index contributed by atoms with van der Waals surface area (Å²) >= 11 is 0. The molecule has 0 atom stereocenters. The van der Waals surface area contributed by atoms with Crippen LogP contribution in [0.1, 0.15) is 31.2 Å². The standard InChI is InChI=1S/C16H21N3O/c17-13-5-11-6-16(20)19-14(11)7-15(13)18-8-12(9-1-2-9)10-3-4-10/h5,7,9-10,12,18H,1-4,6,8,17H2,(H,19,20). The van der Waals surface area contributed by atoms with E-state index in [0.29, 0.717) is 6.42 Å². The Hall–Kier alpha value is -1.71. The molecule has 2 saturated carbocycles. The van der Waals surface area contributed by atoms with Gasteiger partial charge in [-0.3, -0.25) is 4.79 Å². The summed E-state index contributed by atoms with van der Waals surface area (Å²) in [6.07, 6.45) is 6.06. The highest BCUT2D eigenvalue weighted by Crippen LogP contribution is 2.49. The minimum atomic E-state index is 0.0605. The number of nitrogens with one attached hydrogen (secondary N) is 2. The number of carbonyl (C=O) groups excluding carboxylic acids is 1. The van der Waals surface area contributed by atoms with E-state index in [0.717, 1.165) is 46.9 Å². The Kier molecular flexibility index (Phi) is 2.65. The van der Waals surface area contributed by atoms with Crippen molar-refractivity contribution in [1.29, 1.82) is 0 Å². The van der Waals surface area contributed by atoms with Gasteiger partial charge in [-0.1, -0.05) is 0 Å². The number of nitrogen functional groups attached to an aromatic ring is 1. The molecule has 0 unspecified atom stereocenters. The molecule has 2 aliphatic carbocycles. The number of nitrogens with two attached hydrogens (primary N) is 1. The van der Waals surface area contributed by atoms with E-state index in [4.69, 9.17) is 5.73 Å². The van der Waals surface area contributed by atoms with E-state index in [-0.39, 0.29) is 5.91 Å². The van der Waals surface area contributed by atoms with Crippen molar-refractivity contribution in [3.8, 4) is 0 Å². The van der Waals surface area contributed by atoms with Crippen LogP contribution in [-0.2, 0) is 11.2 Å². The highest BCUT2D eigenvalue weighted by molar-refractivity contribution is 6.00. The Balaban J connectivity index is 1.48. The number of carbonyl (C=O) groups is 1. The normalized spacial score (nSPS) is 20.9. The van der Waals surface area contributed by atoms with Crippen molar-refractivity contribution in [3.05, 3.63) is 17.7 Å². The van der Waals surface area contributed by atoms with Gasteiger partial charge >= 0.3 is 0 Å². The van der Waals surface area contributed by atoms with E-state index in [1.165, 1.54) is 25.7 Å². The number of anilines is 3. The van der Waals surface area contributed by atoms with E-state index in [1.807, 2.05) is 12.1 Å². The van der Waals surface area contributed by atoms with Crippen molar-refractivity contribution in [2.24, 2.45) is 17.8 Å². The van der Waals surface area contributed by atoms with E-state index < -0.39 is 0 Å². The van der Waals surface area contributed by atoms with Crippen molar-refractivity contribution in [1.82, 2.24) is 0 Å². The minimum Gasteiger partial charge on any atom is -0.397 e. The average molecular weight is 271 g/mol. The molecule has 0 bridgehead atoms. The number of hydrogen-bond donors (Lipinski definition) is 3. The first-order valence-corrected chi connectivity index (χ1v) is 7.67.